The van der Waals surface area contributed by atoms with E-state index in [4.69, 9.17) is 4.74 Å². The van der Waals surface area contributed by atoms with Gasteiger partial charge in [0.15, 0.2) is 0 Å². The van der Waals surface area contributed by atoms with Gasteiger partial charge in [0.1, 0.15) is 5.75 Å². The van der Waals surface area contributed by atoms with Gasteiger partial charge in [-0.3, -0.25) is 9.69 Å². The highest BCUT2D eigenvalue weighted by atomic mass is 16.5. The highest BCUT2D eigenvalue weighted by molar-refractivity contribution is 5.88. The Morgan fingerprint density at radius 1 is 0.810 bits per heavy atom. The van der Waals surface area contributed by atoms with Crippen LogP contribution in [0.5, 0.6) is 5.75 Å². The second kappa shape index (κ2) is 12.7. The normalized spacial score (nSPS) is 14.8. The molecule has 5 aromatic rings. The summed E-state index contributed by atoms with van der Waals surface area (Å²) in [6, 6.07) is 36.2. The molecule has 4 aromatic carbocycles. The van der Waals surface area contributed by atoms with Crippen LogP contribution < -0.4 is 4.74 Å². The minimum atomic E-state index is -0.0760. The molecule has 1 aromatic heterocycles. The van der Waals surface area contributed by atoms with E-state index in [2.05, 4.69) is 119 Å². The number of aryl methyl sites for hydroxylation is 1. The summed E-state index contributed by atoms with van der Waals surface area (Å²) in [4.78, 5) is 22.1. The maximum Gasteiger partial charge on any atom is 0.223 e. The average molecular weight is 558 g/mol. The lowest BCUT2D eigenvalue weighted by molar-refractivity contribution is -0.133. The lowest BCUT2D eigenvalue weighted by Gasteiger charge is -2.40. The molecule has 5 heteroatoms. The molecule has 1 saturated heterocycles. The van der Waals surface area contributed by atoms with E-state index >= 15 is 0 Å². The van der Waals surface area contributed by atoms with Crippen molar-refractivity contribution >= 4 is 16.8 Å². The molecule has 1 aliphatic heterocycles. The van der Waals surface area contributed by atoms with E-state index in [1.807, 2.05) is 12.1 Å². The Morgan fingerprint density at radius 3 is 2.10 bits per heavy atom. The number of benzene rings is 4. The van der Waals surface area contributed by atoms with Crippen molar-refractivity contribution in [2.75, 3.05) is 33.3 Å². The largest absolute Gasteiger partial charge is 0.497 e. The summed E-state index contributed by atoms with van der Waals surface area (Å²) >= 11 is 0. The molecule has 5 nitrogen and oxygen atoms in total. The molecule has 0 unspecified atom stereocenters. The quantitative estimate of drug-likeness (QED) is 0.209. The third kappa shape index (κ3) is 5.70. The van der Waals surface area contributed by atoms with Crippen LogP contribution in [0.3, 0.4) is 0 Å². The molecule has 6 rings (SSSR count). The molecule has 1 amide bonds. The lowest BCUT2D eigenvalue weighted by Crippen LogP contribution is -2.50. The Balaban J connectivity index is 1.24. The number of para-hydroxylation sites is 1. The fourth-order valence-corrected chi connectivity index (χ4v) is 6.51. The number of amides is 1. The van der Waals surface area contributed by atoms with Crippen LogP contribution in [0.4, 0.5) is 0 Å². The molecule has 1 fully saturated rings. The van der Waals surface area contributed by atoms with Gasteiger partial charge in [-0.05, 0) is 46.4 Å². The van der Waals surface area contributed by atoms with Gasteiger partial charge in [0.25, 0.3) is 0 Å². The third-order valence-corrected chi connectivity index (χ3v) is 8.73. The van der Waals surface area contributed by atoms with Crippen LogP contribution in [0.1, 0.15) is 53.1 Å². The van der Waals surface area contributed by atoms with E-state index < -0.39 is 0 Å². The van der Waals surface area contributed by atoms with E-state index in [-0.39, 0.29) is 17.9 Å². The van der Waals surface area contributed by atoms with Gasteiger partial charge >= 0.3 is 0 Å². The van der Waals surface area contributed by atoms with Gasteiger partial charge in [-0.1, -0.05) is 97.9 Å². The zero-order chi connectivity index (χ0) is 28.9. The SMILES string of the molecule is CCc1cccc2c([C@H](CC(=O)N3CCN(C(c4ccccc4)c4ccccc4)CC3)c3cccc(OC)c3)c[nH]c12. The summed E-state index contributed by atoms with van der Waals surface area (Å²) in [6.07, 6.45) is 3.47. The standard InChI is InChI=1S/C37H39N3O2/c1-3-27-16-11-19-32-34(26-38-36(27)32)33(30-17-10-18-31(24-30)42-2)25-35(41)39-20-22-40(23-21-39)37(28-12-6-4-7-13-28)29-14-8-5-9-15-29/h4-19,24,26,33,37-38H,3,20-23,25H2,1-2H3/t33-/m1/s1. The maximum atomic E-state index is 14.0. The predicted octanol–water partition coefficient (Wildman–Crippen LogP) is 7.19. The Bertz CT molecular complexity index is 1580. The number of aromatic nitrogens is 1. The Morgan fingerprint density at radius 2 is 1.45 bits per heavy atom. The Hall–Kier alpha value is -4.35. The maximum absolute atomic E-state index is 14.0. The van der Waals surface area contributed by atoms with Crippen molar-refractivity contribution in [1.82, 2.24) is 14.8 Å². The summed E-state index contributed by atoms with van der Waals surface area (Å²) in [5, 5.41) is 1.19. The molecule has 214 valence electrons. The van der Waals surface area contributed by atoms with Crippen LogP contribution in [-0.4, -0.2) is 54.0 Å². The first-order chi connectivity index (χ1) is 20.7. The van der Waals surface area contributed by atoms with Crippen molar-refractivity contribution in [2.45, 2.75) is 31.7 Å². The summed E-state index contributed by atoms with van der Waals surface area (Å²) in [7, 11) is 1.69. The number of H-pyrrole nitrogens is 1. The minimum absolute atomic E-state index is 0.0760. The number of carbonyl (C=O) groups is 1. The molecule has 1 N–H and O–H groups in total. The molecular formula is C37H39N3O2. The van der Waals surface area contributed by atoms with Crippen LogP contribution in [0, 0.1) is 0 Å². The molecule has 2 heterocycles. The first-order valence-electron chi connectivity index (χ1n) is 15.0. The molecular weight excluding hydrogens is 518 g/mol. The van der Waals surface area contributed by atoms with Crippen LogP contribution in [-0.2, 0) is 11.2 Å². The summed E-state index contributed by atoms with van der Waals surface area (Å²) in [5.41, 5.74) is 7.28. The van der Waals surface area contributed by atoms with Crippen molar-refractivity contribution in [2.24, 2.45) is 0 Å². The van der Waals surface area contributed by atoms with E-state index in [0.29, 0.717) is 19.5 Å². The van der Waals surface area contributed by atoms with Crippen molar-refractivity contribution in [1.29, 1.82) is 0 Å². The fraction of sp³-hybridized carbons (Fsp3) is 0.270. The van der Waals surface area contributed by atoms with Gasteiger partial charge in [0.05, 0.1) is 13.2 Å². The monoisotopic (exact) mass is 557 g/mol. The number of ether oxygens (including phenoxy) is 1. The number of hydrogen-bond acceptors (Lipinski definition) is 3. The molecule has 0 bridgehead atoms. The van der Waals surface area contributed by atoms with E-state index in [1.54, 1.807) is 7.11 Å². The number of nitrogens with zero attached hydrogens (tertiary/aromatic N) is 2. The average Bonchev–Trinajstić information content (AvgIpc) is 3.49. The van der Waals surface area contributed by atoms with E-state index in [1.165, 1.54) is 22.1 Å². The lowest BCUT2D eigenvalue weighted by atomic mass is 9.87. The summed E-state index contributed by atoms with van der Waals surface area (Å²) < 4.78 is 5.57. The number of nitrogens with one attached hydrogen (secondary N) is 1. The van der Waals surface area contributed by atoms with Crippen molar-refractivity contribution in [3.05, 3.63) is 137 Å². The Labute approximate surface area is 248 Å². The summed E-state index contributed by atoms with van der Waals surface area (Å²) in [5.74, 6) is 0.924. The van der Waals surface area contributed by atoms with Crippen LogP contribution >= 0.6 is 0 Å². The number of carbonyl (C=O) groups excluding carboxylic acids is 1. The fourth-order valence-electron chi connectivity index (χ4n) is 6.51. The van der Waals surface area contributed by atoms with E-state index in [0.717, 1.165) is 41.9 Å². The number of piperazine rings is 1. The number of rotatable bonds is 9. The predicted molar refractivity (Wildman–Crippen MR) is 170 cm³/mol. The van der Waals surface area contributed by atoms with E-state index in [9.17, 15) is 4.79 Å². The van der Waals surface area contributed by atoms with Crippen LogP contribution in [0.15, 0.2) is 109 Å². The number of aromatic amines is 1. The third-order valence-electron chi connectivity index (χ3n) is 8.73. The molecule has 0 radical (unpaired) electrons. The zero-order valence-corrected chi connectivity index (χ0v) is 24.5. The van der Waals surface area contributed by atoms with Crippen LogP contribution in [0.25, 0.3) is 10.9 Å². The highest BCUT2D eigenvalue weighted by Gasteiger charge is 2.30. The van der Waals surface area contributed by atoms with Crippen molar-refractivity contribution in [3.63, 3.8) is 0 Å². The van der Waals surface area contributed by atoms with Gasteiger partial charge in [0, 0.05) is 55.6 Å². The zero-order valence-electron chi connectivity index (χ0n) is 24.5. The summed E-state index contributed by atoms with van der Waals surface area (Å²) in [6.45, 7) is 5.27. The van der Waals surface area contributed by atoms with Gasteiger partial charge < -0.3 is 14.6 Å². The van der Waals surface area contributed by atoms with Crippen molar-refractivity contribution in [3.8, 4) is 5.75 Å². The highest BCUT2D eigenvalue weighted by Crippen LogP contribution is 2.37. The van der Waals surface area contributed by atoms with Gasteiger partial charge in [0.2, 0.25) is 5.91 Å². The molecule has 0 spiro atoms. The number of fused-ring (bicyclic) bond motifs is 1. The Kier molecular flexibility index (Phi) is 8.38. The van der Waals surface area contributed by atoms with Gasteiger partial charge in [-0.25, -0.2) is 0 Å². The first-order valence-corrected chi connectivity index (χ1v) is 15.0. The number of methoxy groups -OCH3 is 1. The topological polar surface area (TPSA) is 48.6 Å². The van der Waals surface area contributed by atoms with Crippen molar-refractivity contribution < 1.29 is 9.53 Å². The molecule has 1 aliphatic rings. The van der Waals surface area contributed by atoms with Gasteiger partial charge in [-0.2, -0.15) is 0 Å². The second-order valence-electron chi connectivity index (χ2n) is 11.1. The molecule has 42 heavy (non-hydrogen) atoms. The molecule has 1 atom stereocenters. The molecule has 0 saturated carbocycles. The minimum Gasteiger partial charge on any atom is -0.497 e. The first kappa shape index (κ1) is 27.8. The van der Waals surface area contributed by atoms with Crippen LogP contribution in [0.2, 0.25) is 0 Å². The second-order valence-corrected chi connectivity index (χ2v) is 11.1. The smallest absolute Gasteiger partial charge is 0.223 e. The van der Waals surface area contributed by atoms with Gasteiger partial charge in [-0.15, -0.1) is 0 Å². The molecule has 0 aliphatic carbocycles. The number of hydrogen-bond donors (Lipinski definition) is 1.